The van der Waals surface area contributed by atoms with Crippen LogP contribution in [0.1, 0.15) is 63.5 Å². The number of hydrogen-bond donors (Lipinski definition) is 0. The topological polar surface area (TPSA) is 64.0 Å². The van der Waals surface area contributed by atoms with Crippen LogP contribution in [0.25, 0.3) is 22.0 Å². The highest BCUT2D eigenvalue weighted by molar-refractivity contribution is 5.86. The molecular formula is C39H46FN3O4. The van der Waals surface area contributed by atoms with Gasteiger partial charge < -0.3 is 23.8 Å². The van der Waals surface area contributed by atoms with Gasteiger partial charge in [0.1, 0.15) is 11.4 Å². The van der Waals surface area contributed by atoms with Crippen molar-refractivity contribution in [3.63, 3.8) is 0 Å². The summed E-state index contributed by atoms with van der Waals surface area (Å²) in [5.74, 6) is -0.772. The second-order valence-electron chi connectivity index (χ2n) is 14.0. The van der Waals surface area contributed by atoms with Gasteiger partial charge in [0.2, 0.25) is 5.91 Å². The number of methoxy groups -OCH3 is 1. The van der Waals surface area contributed by atoms with Crippen molar-refractivity contribution in [2.45, 2.75) is 77.1 Å². The summed E-state index contributed by atoms with van der Waals surface area (Å²) >= 11 is 0. The van der Waals surface area contributed by atoms with E-state index in [1.54, 1.807) is 18.1 Å². The van der Waals surface area contributed by atoms with Crippen LogP contribution >= 0.6 is 0 Å². The summed E-state index contributed by atoms with van der Waals surface area (Å²) in [5.41, 5.74) is 4.37. The Morgan fingerprint density at radius 1 is 0.957 bits per heavy atom. The molecule has 2 atom stereocenters. The van der Waals surface area contributed by atoms with Crippen LogP contribution in [0.5, 0.6) is 0 Å². The van der Waals surface area contributed by atoms with Gasteiger partial charge in [-0.05, 0) is 92.8 Å². The lowest BCUT2D eigenvalue weighted by atomic mass is 9.79. The van der Waals surface area contributed by atoms with Gasteiger partial charge in [0, 0.05) is 63.0 Å². The van der Waals surface area contributed by atoms with Crippen molar-refractivity contribution in [1.82, 2.24) is 14.4 Å². The molecule has 2 aliphatic rings. The molecule has 2 fully saturated rings. The Bertz CT molecular complexity index is 1720. The van der Waals surface area contributed by atoms with E-state index in [-0.39, 0.29) is 36.3 Å². The lowest BCUT2D eigenvalue weighted by molar-refractivity contribution is -0.139. The molecule has 0 unspecified atom stereocenters. The molecule has 4 aromatic rings. The van der Waals surface area contributed by atoms with E-state index in [4.69, 9.17) is 9.47 Å². The number of nitrogens with zero attached hydrogens (tertiary/aromatic N) is 3. The molecular weight excluding hydrogens is 593 g/mol. The normalized spacial score (nSPS) is 18.4. The van der Waals surface area contributed by atoms with E-state index in [1.165, 1.54) is 12.1 Å². The van der Waals surface area contributed by atoms with Gasteiger partial charge in [-0.2, -0.15) is 0 Å². The Labute approximate surface area is 277 Å². The first-order valence-electron chi connectivity index (χ1n) is 16.8. The molecule has 1 saturated heterocycles. The number of halogens is 1. The molecule has 1 aliphatic heterocycles. The first-order valence-corrected chi connectivity index (χ1v) is 16.8. The summed E-state index contributed by atoms with van der Waals surface area (Å²) in [5, 5.41) is 1.15. The number of piperidine rings is 1. The minimum atomic E-state index is -0.635. The van der Waals surface area contributed by atoms with Gasteiger partial charge in [-0.1, -0.05) is 54.6 Å². The number of fused-ring (bicyclic) bond motifs is 1. The van der Waals surface area contributed by atoms with Gasteiger partial charge >= 0.3 is 6.09 Å². The average Bonchev–Trinajstić information content (AvgIpc) is 3.84. The largest absolute Gasteiger partial charge is 0.444 e. The smallest absolute Gasteiger partial charge is 0.410 e. The van der Waals surface area contributed by atoms with Gasteiger partial charge in [-0.25, -0.2) is 9.18 Å². The Morgan fingerprint density at radius 2 is 1.70 bits per heavy atom. The summed E-state index contributed by atoms with van der Waals surface area (Å²) < 4.78 is 27.5. The van der Waals surface area contributed by atoms with Crippen LogP contribution in [0.3, 0.4) is 0 Å². The van der Waals surface area contributed by atoms with Crippen LogP contribution in [0.15, 0.2) is 79.0 Å². The van der Waals surface area contributed by atoms with Crippen molar-refractivity contribution >= 4 is 22.9 Å². The quantitative estimate of drug-likeness (QED) is 0.165. The molecule has 0 N–H and O–H groups in total. The third-order valence-corrected chi connectivity index (χ3v) is 9.28. The van der Waals surface area contributed by atoms with Crippen LogP contribution in [-0.2, 0) is 27.4 Å². The minimum Gasteiger partial charge on any atom is -0.444 e. The van der Waals surface area contributed by atoms with E-state index in [0.717, 1.165) is 59.0 Å². The molecule has 7 nitrogen and oxygen atoms in total. The van der Waals surface area contributed by atoms with E-state index in [0.29, 0.717) is 26.1 Å². The first-order chi connectivity index (χ1) is 22.6. The van der Waals surface area contributed by atoms with Crippen LogP contribution < -0.4 is 0 Å². The molecule has 0 bridgehead atoms. The maximum atomic E-state index is 14.8. The number of ether oxygens (including phenoxy) is 2. The number of aryl methyl sites for hydroxylation is 1. The monoisotopic (exact) mass is 639 g/mol. The molecule has 248 valence electrons. The van der Waals surface area contributed by atoms with E-state index in [9.17, 15) is 14.0 Å². The summed E-state index contributed by atoms with van der Waals surface area (Å²) in [6.45, 7) is 8.39. The van der Waals surface area contributed by atoms with Gasteiger partial charge in [-0.15, -0.1) is 0 Å². The highest BCUT2D eigenvalue weighted by Crippen LogP contribution is 2.40. The standard InChI is InChI=1S/C39H46FN3O4/c1-39(2,3)47-38(45)42-20-18-33(29-12-7-10-27(22-29)28-11-8-13-31(40)23-28)35(26-42)37(44)43(32-16-17-32)25-30-24-41(19-9-21-46-4)36-15-6-5-14-34(30)36/h5-8,10-15,22-24,32-33,35H,9,16-21,25-26H2,1-4H3/t33-,35+/m1/s1. The fraction of sp³-hybridized carbons (Fsp3) is 0.436. The summed E-state index contributed by atoms with van der Waals surface area (Å²) in [6.07, 6.45) is 5.27. The average molecular weight is 640 g/mol. The summed E-state index contributed by atoms with van der Waals surface area (Å²) in [4.78, 5) is 31.9. The zero-order valence-electron chi connectivity index (χ0n) is 28.0. The van der Waals surface area contributed by atoms with E-state index in [1.807, 2.05) is 39.0 Å². The number of benzene rings is 3. The lowest BCUT2D eigenvalue weighted by Crippen LogP contribution is -2.51. The third-order valence-electron chi connectivity index (χ3n) is 9.28. The molecule has 3 aromatic carbocycles. The van der Waals surface area contributed by atoms with Crippen LogP contribution in [0, 0.1) is 11.7 Å². The molecule has 8 heteroatoms. The number of amides is 2. The van der Waals surface area contributed by atoms with Crippen molar-refractivity contribution in [2.75, 3.05) is 26.8 Å². The van der Waals surface area contributed by atoms with Crippen molar-refractivity contribution in [2.24, 2.45) is 5.92 Å². The molecule has 6 rings (SSSR count). The highest BCUT2D eigenvalue weighted by Gasteiger charge is 2.43. The molecule has 2 heterocycles. The number of carbonyl (C=O) groups is 2. The summed E-state index contributed by atoms with van der Waals surface area (Å²) in [7, 11) is 1.72. The Kier molecular flexibility index (Phi) is 9.69. The maximum absolute atomic E-state index is 14.8. The molecule has 2 amide bonds. The van der Waals surface area contributed by atoms with Gasteiger partial charge in [-0.3, -0.25) is 4.79 Å². The predicted molar refractivity (Wildman–Crippen MR) is 182 cm³/mol. The van der Waals surface area contributed by atoms with E-state index >= 15 is 0 Å². The van der Waals surface area contributed by atoms with Crippen molar-refractivity contribution in [3.8, 4) is 11.1 Å². The fourth-order valence-electron chi connectivity index (χ4n) is 6.89. The molecule has 47 heavy (non-hydrogen) atoms. The number of hydrogen-bond acceptors (Lipinski definition) is 4. The maximum Gasteiger partial charge on any atom is 0.410 e. The van der Waals surface area contributed by atoms with Gasteiger partial charge in [0.25, 0.3) is 0 Å². The van der Waals surface area contributed by atoms with E-state index < -0.39 is 11.5 Å². The zero-order chi connectivity index (χ0) is 33.1. The molecule has 0 spiro atoms. The van der Waals surface area contributed by atoms with Crippen LogP contribution in [0.2, 0.25) is 0 Å². The second-order valence-corrected chi connectivity index (χ2v) is 14.0. The van der Waals surface area contributed by atoms with Crippen LogP contribution in [0.4, 0.5) is 9.18 Å². The van der Waals surface area contributed by atoms with Crippen molar-refractivity contribution in [3.05, 3.63) is 95.9 Å². The SMILES string of the molecule is COCCCn1cc(CN(C(=O)[C@H]2CN(C(=O)OC(C)(C)C)CC[C@@H]2c2cccc(-c3cccc(F)c3)c2)C2CC2)c2ccccc21. The van der Waals surface area contributed by atoms with Crippen LogP contribution in [-0.4, -0.2) is 64.8 Å². The second kappa shape index (κ2) is 13.9. The third kappa shape index (κ3) is 7.70. The van der Waals surface area contributed by atoms with Gasteiger partial charge in [0.15, 0.2) is 0 Å². The van der Waals surface area contributed by atoms with E-state index in [2.05, 4.69) is 52.1 Å². The Balaban J connectivity index is 1.32. The Hall–Kier alpha value is -4.17. The molecule has 1 saturated carbocycles. The highest BCUT2D eigenvalue weighted by atomic mass is 19.1. The summed E-state index contributed by atoms with van der Waals surface area (Å²) in [6, 6.07) is 23.2. The number of para-hydroxylation sites is 1. The Morgan fingerprint density at radius 3 is 2.43 bits per heavy atom. The predicted octanol–water partition coefficient (Wildman–Crippen LogP) is 8.02. The number of carbonyl (C=O) groups excluding carboxylic acids is 2. The molecule has 1 aliphatic carbocycles. The van der Waals surface area contributed by atoms with Gasteiger partial charge in [0.05, 0.1) is 5.92 Å². The zero-order valence-corrected chi connectivity index (χ0v) is 28.0. The minimum absolute atomic E-state index is 0.0677. The molecule has 0 radical (unpaired) electrons. The molecule has 1 aromatic heterocycles. The fourth-order valence-corrected chi connectivity index (χ4v) is 6.89. The number of aromatic nitrogens is 1. The van der Waals surface area contributed by atoms with Crippen molar-refractivity contribution < 1.29 is 23.5 Å². The number of rotatable bonds is 10. The lowest BCUT2D eigenvalue weighted by Gasteiger charge is -2.40. The number of likely N-dealkylation sites (tertiary alicyclic amines) is 1. The van der Waals surface area contributed by atoms with Crippen molar-refractivity contribution in [1.29, 1.82) is 0 Å². The first kappa shape index (κ1) is 32.8.